The van der Waals surface area contributed by atoms with Gasteiger partial charge >= 0.3 is 32.3 Å². The number of phenols is 2. The number of phenolic OH excluding ortho intramolecular Hbond substituents is 2. The van der Waals surface area contributed by atoms with Crippen LogP contribution in [0.1, 0.15) is 185 Å². The zero-order valence-electron chi connectivity index (χ0n) is 49.2. The second-order valence-electron chi connectivity index (χ2n) is 22.9. The van der Waals surface area contributed by atoms with Crippen LogP contribution in [-0.2, 0) is 41.0 Å². The molecule has 1 aliphatic rings. The number of benzene rings is 7. The van der Waals surface area contributed by atoms with Crippen molar-refractivity contribution >= 4 is 12.4 Å². The van der Waals surface area contributed by atoms with Crippen molar-refractivity contribution in [3.8, 4) is 34.5 Å². The number of hydrogen-bond donors (Lipinski definition) is 2. The summed E-state index contributed by atoms with van der Waals surface area (Å²) in [6.07, 6.45) is 9.03. The van der Waals surface area contributed by atoms with Gasteiger partial charge < -0.3 is 29.2 Å². The van der Waals surface area contributed by atoms with Crippen LogP contribution in [0.15, 0.2) is 143 Å². The minimum absolute atomic E-state index is 0.0889. The Kier molecular flexibility index (Phi) is 22.4. The predicted octanol–water partition coefficient (Wildman–Crippen LogP) is 16.3. The summed E-state index contributed by atoms with van der Waals surface area (Å²) in [5, 5.41) is 24.7. The van der Waals surface area contributed by atoms with Crippen LogP contribution in [0, 0.1) is 27.8 Å². The van der Waals surface area contributed by atoms with E-state index in [-0.39, 0.29) is 22.3 Å². The van der Waals surface area contributed by atoms with E-state index in [0.29, 0.717) is 69.0 Å². The van der Waals surface area contributed by atoms with E-state index in [4.69, 9.17) is 33.4 Å². The quantitative estimate of drug-likeness (QED) is 0.0764. The molecule has 8 rings (SSSR count). The first kappa shape index (κ1) is 61.9. The van der Waals surface area contributed by atoms with Gasteiger partial charge in [-0.2, -0.15) is 0 Å². The number of hydrogen-bond acceptors (Lipinski definition) is 10. The van der Waals surface area contributed by atoms with Gasteiger partial charge in [0.25, 0.3) is 0 Å². The molecule has 10 nitrogen and oxygen atoms in total. The van der Waals surface area contributed by atoms with E-state index in [1.165, 1.54) is 0 Å². The average molecular weight is 1320 g/mol. The Hall–Kier alpha value is -6.67. The van der Waals surface area contributed by atoms with Crippen molar-refractivity contribution in [2.24, 2.45) is 9.98 Å². The van der Waals surface area contributed by atoms with Crippen LogP contribution in [0.5, 0.6) is 34.5 Å². The van der Waals surface area contributed by atoms with E-state index in [9.17, 15) is 10.2 Å². The minimum atomic E-state index is -2.51. The molecule has 424 valence electrons. The number of nitrogens with zero attached hydrogens (tertiary/aromatic N) is 2. The van der Waals surface area contributed by atoms with Gasteiger partial charge in [0.05, 0.1) is 26.4 Å². The molecule has 11 heteroatoms. The summed E-state index contributed by atoms with van der Waals surface area (Å²) in [6, 6.07) is 44.7. The number of aliphatic imine (C=N–C) groups is 2. The van der Waals surface area contributed by atoms with E-state index < -0.39 is 39.9 Å². The third-order valence-electron chi connectivity index (χ3n) is 14.5. The maximum absolute atomic E-state index is 12.8. The molecule has 1 aliphatic carbocycles. The third kappa shape index (κ3) is 15.9. The number of para-hydroxylation sites is 3. The Morgan fingerprint density at radius 2 is 0.864 bits per heavy atom. The van der Waals surface area contributed by atoms with Crippen molar-refractivity contribution in [3.05, 3.63) is 211 Å². The van der Waals surface area contributed by atoms with Crippen molar-refractivity contribution in [3.63, 3.8) is 0 Å². The van der Waals surface area contributed by atoms with Gasteiger partial charge in [-0.15, -0.1) is 0 Å². The van der Waals surface area contributed by atoms with E-state index in [1.54, 1.807) is 0 Å². The fourth-order valence-electron chi connectivity index (χ4n) is 10.4. The maximum atomic E-state index is 12.8. The Labute approximate surface area is 496 Å². The summed E-state index contributed by atoms with van der Waals surface area (Å²) in [6.45, 7) is 23.6. The summed E-state index contributed by atoms with van der Waals surface area (Å²) in [5.74, 6) is 3.59. The standard InChI is InChI=1S/C70H82N2O6.2O.U/c1-11-34-75-65-49-28-21-29-50(65)39-52-31-23-33-54(67(52)77-36-13-3)42-58-59(61(73)43-55(68(58)78-37-14-4)40-53-32-22-30-51(38-49)66(53)76-35-12-2)46-72-63(48-26-19-16-20-27-48)62(47-24-17-15-18-25-47)71-45-56-41-57(69(5,6)7)44-60(64(56)74)70(8,9)10;;;/h15-33,41,43-46,62-63,73-74H,11-14,34-40,42H2,1-10H3;;;/t62-,63-;;;/m1.../s1. The number of aromatic hydroxyl groups is 2. The van der Waals surface area contributed by atoms with E-state index in [2.05, 4.69) is 160 Å². The molecule has 81 heavy (non-hydrogen) atoms. The number of rotatable bonds is 19. The zero-order chi connectivity index (χ0) is 58.1. The molecule has 0 saturated carbocycles. The van der Waals surface area contributed by atoms with Crippen LogP contribution in [0.2, 0.25) is 0 Å². The second-order valence-corrected chi connectivity index (χ2v) is 23.6. The van der Waals surface area contributed by atoms with E-state index >= 15 is 0 Å². The van der Waals surface area contributed by atoms with Gasteiger partial charge in [0.2, 0.25) is 0 Å². The molecule has 0 saturated heterocycles. The second kappa shape index (κ2) is 29.4. The summed E-state index contributed by atoms with van der Waals surface area (Å²) < 4.78 is 44.4. The van der Waals surface area contributed by atoms with Crippen LogP contribution in [0.25, 0.3) is 0 Å². The molecular weight excluding hydrogens is 1230 g/mol. The molecule has 0 spiro atoms. The summed E-state index contributed by atoms with van der Waals surface area (Å²) in [4.78, 5) is 11.0. The molecule has 7 aromatic carbocycles. The third-order valence-corrected chi connectivity index (χ3v) is 14.5. The Balaban J connectivity index is 0.00000308. The van der Waals surface area contributed by atoms with E-state index in [0.717, 1.165) is 110 Å². The van der Waals surface area contributed by atoms with Crippen molar-refractivity contribution in [2.75, 3.05) is 26.4 Å². The van der Waals surface area contributed by atoms with Crippen molar-refractivity contribution in [2.45, 2.75) is 144 Å². The van der Waals surface area contributed by atoms with Gasteiger partial charge in [-0.3, -0.25) is 9.98 Å². The molecule has 2 N–H and O–H groups in total. The Morgan fingerprint density at radius 3 is 1.26 bits per heavy atom. The first-order valence-corrected chi connectivity index (χ1v) is 32.2. The van der Waals surface area contributed by atoms with Crippen molar-refractivity contribution in [1.29, 1.82) is 0 Å². The van der Waals surface area contributed by atoms with Crippen LogP contribution < -0.4 is 18.9 Å². The molecule has 0 aliphatic heterocycles. The van der Waals surface area contributed by atoms with Gasteiger partial charge in [0, 0.05) is 65.9 Å². The first-order chi connectivity index (χ1) is 39.0. The molecule has 7 aromatic rings. The summed E-state index contributed by atoms with van der Waals surface area (Å²) >= 11 is -2.51. The van der Waals surface area contributed by atoms with Crippen LogP contribution in [0.4, 0.5) is 0 Å². The predicted molar refractivity (Wildman–Crippen MR) is 322 cm³/mol. The number of fused-ring (bicyclic) bond motifs is 8. The van der Waals surface area contributed by atoms with Gasteiger partial charge in [0.15, 0.2) is 0 Å². The molecule has 0 radical (unpaired) electrons. The van der Waals surface area contributed by atoms with Crippen molar-refractivity contribution in [1.82, 2.24) is 0 Å². The van der Waals surface area contributed by atoms with Gasteiger partial charge in [-0.25, -0.2) is 0 Å². The normalized spacial score (nSPS) is 13.2. The molecule has 2 atom stereocenters. The van der Waals surface area contributed by atoms with Crippen LogP contribution >= 0.6 is 0 Å². The zero-order valence-corrected chi connectivity index (χ0v) is 53.4. The summed E-state index contributed by atoms with van der Waals surface area (Å²) in [7, 11) is 0. The van der Waals surface area contributed by atoms with Gasteiger partial charge in [-0.05, 0) is 98.7 Å². The van der Waals surface area contributed by atoms with Gasteiger partial charge in [-0.1, -0.05) is 191 Å². The summed E-state index contributed by atoms with van der Waals surface area (Å²) in [5.41, 5.74) is 12.5. The molecule has 0 amide bonds. The van der Waals surface area contributed by atoms with Crippen LogP contribution in [-0.4, -0.2) is 49.1 Å². The van der Waals surface area contributed by atoms with Crippen molar-refractivity contribution < 1.29 is 61.5 Å². The fraction of sp³-hybridized carbons (Fsp3) is 0.371. The molecule has 8 bridgehead atoms. The molecule has 0 heterocycles. The monoisotopic (exact) mass is 1320 g/mol. The SMILES string of the molecule is CCCOc1c2cccc1Cc1cccc(c1OCCC)Cc1c(C=N[C@H](c3ccccc3)[C@H](N=Cc3cc(C(C)(C)C)cc(C(C)(C)C)c3O)c3ccccc3)c(O)cc(c1OCCC)Cc1cccc(c1OCCC)C2.[O]=[U]=[O]. The average Bonchev–Trinajstić information content (AvgIpc) is 3.63. The number of ether oxygens (including phenoxy) is 4. The molecule has 0 aromatic heterocycles. The van der Waals surface area contributed by atoms with E-state index in [1.807, 2.05) is 54.9 Å². The molecule has 0 fully saturated rings. The molecular formula is C70H82N2O8U. The topological polar surface area (TPSA) is 136 Å². The Morgan fingerprint density at radius 1 is 0.481 bits per heavy atom. The fourth-order valence-corrected chi connectivity index (χ4v) is 10.4. The Bertz CT molecular complexity index is 3300. The van der Waals surface area contributed by atoms with Crippen LogP contribution in [0.3, 0.4) is 0 Å². The van der Waals surface area contributed by atoms with Gasteiger partial charge in [0.1, 0.15) is 46.6 Å². The molecule has 0 unspecified atom stereocenters. The first-order valence-electron chi connectivity index (χ1n) is 28.8.